The second-order valence-electron chi connectivity index (χ2n) is 3.75. The maximum Gasteiger partial charge on any atom is 0.271 e. The van der Waals surface area contributed by atoms with Crippen LogP contribution in [0.3, 0.4) is 0 Å². The van der Waals surface area contributed by atoms with Crippen molar-refractivity contribution in [3.63, 3.8) is 0 Å². The van der Waals surface area contributed by atoms with Gasteiger partial charge in [0.15, 0.2) is 5.69 Å². The Morgan fingerprint density at radius 1 is 1.47 bits per heavy atom. The van der Waals surface area contributed by atoms with Gasteiger partial charge in [0.25, 0.3) is 5.91 Å². The molecule has 5 nitrogen and oxygen atoms in total. The molecule has 0 spiro atoms. The minimum atomic E-state index is -0.246. The molecule has 0 bridgehead atoms. The molecule has 0 saturated heterocycles. The molecule has 1 heterocycles. The summed E-state index contributed by atoms with van der Waals surface area (Å²) >= 11 is 11.0. The Balaban J connectivity index is 2.37. The lowest BCUT2D eigenvalue weighted by atomic mass is 10.2. The molecule has 0 saturated carbocycles. The number of nitrogens with one attached hydrogen (secondary N) is 1. The molecule has 2 aromatic rings. The monoisotopic (exact) mass is 294 g/mol. The van der Waals surface area contributed by atoms with Crippen LogP contribution in [0.15, 0.2) is 30.5 Å². The highest BCUT2D eigenvalue weighted by Crippen LogP contribution is 2.20. The van der Waals surface area contributed by atoms with Crippen LogP contribution in [0.2, 0.25) is 5.02 Å². The topological polar surface area (TPSA) is 72.9 Å². The molecule has 0 aliphatic carbocycles. The Labute approximate surface area is 120 Å². The van der Waals surface area contributed by atoms with Gasteiger partial charge in [-0.25, -0.2) is 4.68 Å². The van der Waals surface area contributed by atoms with Crippen LogP contribution >= 0.6 is 23.8 Å². The Morgan fingerprint density at radius 3 is 2.79 bits per heavy atom. The van der Waals surface area contributed by atoms with Gasteiger partial charge in [-0.15, -0.1) is 0 Å². The molecule has 0 aliphatic rings. The molecular formula is C12H11ClN4OS. The zero-order valence-electron chi connectivity index (χ0n) is 10.1. The highest BCUT2D eigenvalue weighted by Gasteiger charge is 2.10. The summed E-state index contributed by atoms with van der Waals surface area (Å²) in [6.07, 6.45) is 1.68. The van der Waals surface area contributed by atoms with Gasteiger partial charge in [-0.3, -0.25) is 4.79 Å². The number of rotatable bonds is 3. The minimum absolute atomic E-state index is 0.239. The number of thiocarbonyl (C=S) groups is 1. The second kappa shape index (κ2) is 5.38. The van der Waals surface area contributed by atoms with Crippen molar-refractivity contribution < 1.29 is 4.79 Å². The molecule has 98 valence electrons. The van der Waals surface area contributed by atoms with Crippen LogP contribution in [-0.2, 0) is 0 Å². The van der Waals surface area contributed by atoms with E-state index in [9.17, 15) is 4.79 Å². The zero-order valence-corrected chi connectivity index (χ0v) is 11.6. The van der Waals surface area contributed by atoms with Crippen LogP contribution in [0.1, 0.15) is 16.1 Å². The third-order valence-electron chi connectivity index (χ3n) is 2.53. The minimum Gasteiger partial charge on any atom is -0.389 e. The fourth-order valence-corrected chi connectivity index (χ4v) is 2.07. The SMILES string of the molecule is CNC(=O)c1ccn(-c2ccc(C(N)=S)c(Cl)c2)n1. The van der Waals surface area contributed by atoms with Gasteiger partial charge >= 0.3 is 0 Å². The van der Waals surface area contributed by atoms with E-state index in [1.807, 2.05) is 0 Å². The predicted octanol–water partition coefficient (Wildman–Crippen LogP) is 1.52. The fourth-order valence-electron chi connectivity index (χ4n) is 1.56. The molecule has 0 fully saturated rings. The molecule has 0 aliphatic heterocycles. The first kappa shape index (κ1) is 13.5. The molecular weight excluding hydrogens is 284 g/mol. The number of hydrogen-bond acceptors (Lipinski definition) is 3. The molecule has 19 heavy (non-hydrogen) atoms. The maximum atomic E-state index is 11.4. The number of halogens is 1. The van der Waals surface area contributed by atoms with Crippen molar-refractivity contribution in [2.45, 2.75) is 0 Å². The van der Waals surface area contributed by atoms with Crippen LogP contribution in [0.4, 0.5) is 0 Å². The van der Waals surface area contributed by atoms with Crippen molar-refractivity contribution in [1.82, 2.24) is 15.1 Å². The lowest BCUT2D eigenvalue weighted by molar-refractivity contribution is 0.0958. The first-order valence-electron chi connectivity index (χ1n) is 5.40. The normalized spacial score (nSPS) is 10.2. The number of carbonyl (C=O) groups is 1. The quantitative estimate of drug-likeness (QED) is 0.842. The van der Waals surface area contributed by atoms with E-state index >= 15 is 0 Å². The number of amides is 1. The summed E-state index contributed by atoms with van der Waals surface area (Å²) < 4.78 is 1.56. The van der Waals surface area contributed by atoms with Crippen molar-refractivity contribution in [3.8, 4) is 5.69 Å². The van der Waals surface area contributed by atoms with Crippen molar-refractivity contribution >= 4 is 34.7 Å². The summed E-state index contributed by atoms with van der Waals surface area (Å²) in [6.45, 7) is 0. The van der Waals surface area contributed by atoms with Crippen LogP contribution in [0, 0.1) is 0 Å². The molecule has 1 aromatic heterocycles. The molecule has 7 heteroatoms. The number of benzene rings is 1. The van der Waals surface area contributed by atoms with Gasteiger partial charge in [-0.05, 0) is 24.3 Å². The smallest absolute Gasteiger partial charge is 0.271 e. The van der Waals surface area contributed by atoms with Gasteiger partial charge in [0.2, 0.25) is 0 Å². The van der Waals surface area contributed by atoms with Gasteiger partial charge in [0, 0.05) is 18.8 Å². The van der Waals surface area contributed by atoms with Crippen molar-refractivity contribution in [1.29, 1.82) is 0 Å². The van der Waals surface area contributed by atoms with E-state index in [1.54, 1.807) is 42.2 Å². The number of carbonyl (C=O) groups excluding carboxylic acids is 1. The third-order valence-corrected chi connectivity index (χ3v) is 3.06. The van der Waals surface area contributed by atoms with E-state index < -0.39 is 0 Å². The van der Waals surface area contributed by atoms with Crippen LogP contribution in [0.5, 0.6) is 0 Å². The van der Waals surface area contributed by atoms with Crippen molar-refractivity contribution in [3.05, 3.63) is 46.7 Å². The number of hydrogen-bond donors (Lipinski definition) is 2. The zero-order chi connectivity index (χ0) is 14.0. The first-order chi connectivity index (χ1) is 9.02. The van der Waals surface area contributed by atoms with Gasteiger partial charge in [0.1, 0.15) is 4.99 Å². The van der Waals surface area contributed by atoms with E-state index in [1.165, 1.54) is 0 Å². The maximum absolute atomic E-state index is 11.4. The van der Waals surface area contributed by atoms with Gasteiger partial charge in [-0.2, -0.15) is 5.10 Å². The van der Waals surface area contributed by atoms with E-state index in [4.69, 9.17) is 29.6 Å². The third kappa shape index (κ3) is 2.74. The van der Waals surface area contributed by atoms with Gasteiger partial charge in [-0.1, -0.05) is 23.8 Å². The number of aromatic nitrogens is 2. The molecule has 3 N–H and O–H groups in total. The highest BCUT2D eigenvalue weighted by molar-refractivity contribution is 7.80. The predicted molar refractivity (Wildman–Crippen MR) is 77.9 cm³/mol. The average molecular weight is 295 g/mol. The molecule has 1 aromatic carbocycles. The van der Waals surface area contributed by atoms with Crippen molar-refractivity contribution in [2.75, 3.05) is 7.05 Å². The Kier molecular flexibility index (Phi) is 3.82. The molecule has 0 atom stereocenters. The van der Waals surface area contributed by atoms with E-state index in [0.717, 1.165) is 5.69 Å². The molecule has 0 radical (unpaired) electrons. The largest absolute Gasteiger partial charge is 0.389 e. The summed E-state index contributed by atoms with van der Waals surface area (Å²) in [7, 11) is 1.55. The molecule has 0 unspecified atom stereocenters. The van der Waals surface area contributed by atoms with Crippen molar-refractivity contribution in [2.24, 2.45) is 5.73 Å². The van der Waals surface area contributed by atoms with Crippen LogP contribution < -0.4 is 11.1 Å². The second-order valence-corrected chi connectivity index (χ2v) is 4.60. The highest BCUT2D eigenvalue weighted by atomic mass is 35.5. The average Bonchev–Trinajstić information content (AvgIpc) is 2.86. The van der Waals surface area contributed by atoms with Crippen LogP contribution in [-0.4, -0.2) is 27.7 Å². The first-order valence-corrected chi connectivity index (χ1v) is 6.19. The summed E-state index contributed by atoms with van der Waals surface area (Å²) in [4.78, 5) is 11.7. The van der Waals surface area contributed by atoms with E-state index in [2.05, 4.69) is 10.4 Å². The summed E-state index contributed by atoms with van der Waals surface area (Å²) in [5.41, 5.74) is 7.20. The summed E-state index contributed by atoms with van der Waals surface area (Å²) in [5, 5.41) is 7.10. The van der Waals surface area contributed by atoms with Gasteiger partial charge < -0.3 is 11.1 Å². The Hall–Kier alpha value is -1.92. The number of nitrogens with zero attached hydrogens (tertiary/aromatic N) is 2. The Morgan fingerprint density at radius 2 is 2.21 bits per heavy atom. The van der Waals surface area contributed by atoms with E-state index in [0.29, 0.717) is 16.3 Å². The van der Waals surface area contributed by atoms with Crippen LogP contribution in [0.25, 0.3) is 5.69 Å². The van der Waals surface area contributed by atoms with E-state index in [-0.39, 0.29) is 10.9 Å². The lowest BCUT2D eigenvalue weighted by Gasteiger charge is -2.06. The number of nitrogens with two attached hydrogens (primary N) is 1. The summed E-state index contributed by atoms with van der Waals surface area (Å²) in [6, 6.07) is 6.81. The standard InChI is InChI=1S/C12H11ClN4OS/c1-15-12(18)10-4-5-17(16-10)7-2-3-8(11(14)19)9(13)6-7/h2-6H,1H3,(H2,14,19)(H,15,18). The Bertz CT molecular complexity index is 653. The van der Waals surface area contributed by atoms with Gasteiger partial charge in [0.05, 0.1) is 10.7 Å². The lowest BCUT2D eigenvalue weighted by Crippen LogP contribution is -2.18. The molecule has 1 amide bonds. The summed E-state index contributed by atoms with van der Waals surface area (Å²) in [5.74, 6) is -0.246. The molecule has 2 rings (SSSR count). The fraction of sp³-hybridized carbons (Fsp3) is 0.0833.